The maximum absolute atomic E-state index is 13.1. The Bertz CT molecular complexity index is 1160. The summed E-state index contributed by atoms with van der Waals surface area (Å²) in [7, 11) is 0. The number of carbonyl (C=O) groups excluding carboxylic acids is 1. The van der Waals surface area contributed by atoms with Crippen LogP contribution in [0.15, 0.2) is 78.2 Å². The van der Waals surface area contributed by atoms with E-state index in [1.165, 1.54) is 36.0 Å². The van der Waals surface area contributed by atoms with Crippen LogP contribution in [0.25, 0.3) is 22.8 Å². The molecule has 0 aliphatic heterocycles. The highest BCUT2D eigenvalue weighted by Gasteiger charge is 2.21. The summed E-state index contributed by atoms with van der Waals surface area (Å²) in [5.41, 5.74) is 2.74. The monoisotopic (exact) mass is 417 g/mol. The van der Waals surface area contributed by atoms with Crippen molar-refractivity contribution in [1.82, 2.24) is 25.1 Å². The number of nitrogens with zero attached hydrogens (tertiary/aromatic N) is 5. The molecule has 0 N–H and O–H groups in total. The molecule has 0 spiro atoms. The van der Waals surface area contributed by atoms with E-state index in [9.17, 15) is 9.18 Å². The Morgan fingerprint density at radius 1 is 0.867 bits per heavy atom. The fourth-order valence-corrected chi connectivity index (χ4v) is 3.57. The zero-order valence-electron chi connectivity index (χ0n) is 15.9. The van der Waals surface area contributed by atoms with Crippen LogP contribution in [0, 0.1) is 5.82 Å². The van der Waals surface area contributed by atoms with E-state index in [4.69, 9.17) is 0 Å². The lowest BCUT2D eigenvalue weighted by Crippen LogP contribution is -2.14. The molecule has 30 heavy (non-hydrogen) atoms. The molecule has 3 heterocycles. The normalized spacial score (nSPS) is 11.8. The van der Waals surface area contributed by atoms with Crippen molar-refractivity contribution in [3.63, 3.8) is 0 Å². The first kappa shape index (κ1) is 19.8. The quantitative estimate of drug-likeness (QED) is 0.337. The van der Waals surface area contributed by atoms with E-state index < -0.39 is 5.25 Å². The summed E-state index contributed by atoms with van der Waals surface area (Å²) in [6.07, 6.45) is 3.35. The largest absolute Gasteiger partial charge is 0.293 e. The first-order valence-electron chi connectivity index (χ1n) is 9.16. The third-order valence-electron chi connectivity index (χ3n) is 4.26. The third kappa shape index (κ3) is 4.38. The minimum Gasteiger partial charge on any atom is -0.293 e. The highest BCUT2D eigenvalue weighted by atomic mass is 32.2. The Morgan fingerprint density at radius 2 is 1.50 bits per heavy atom. The minimum absolute atomic E-state index is 0.142. The van der Waals surface area contributed by atoms with Gasteiger partial charge in [0, 0.05) is 18.0 Å². The molecule has 8 heteroatoms. The van der Waals surface area contributed by atoms with Crippen molar-refractivity contribution in [3.05, 3.63) is 84.4 Å². The van der Waals surface area contributed by atoms with Crippen molar-refractivity contribution in [1.29, 1.82) is 0 Å². The first-order valence-corrected chi connectivity index (χ1v) is 10.0. The molecule has 1 atom stereocenters. The molecule has 4 aromatic rings. The number of rotatable bonds is 6. The van der Waals surface area contributed by atoms with Gasteiger partial charge in [0.05, 0.1) is 16.6 Å². The van der Waals surface area contributed by atoms with Gasteiger partial charge in [0.2, 0.25) is 5.16 Å². The summed E-state index contributed by atoms with van der Waals surface area (Å²) in [6.45, 7) is 1.76. The summed E-state index contributed by atoms with van der Waals surface area (Å²) < 4.78 is 13.1. The molecule has 0 saturated carbocycles. The van der Waals surface area contributed by atoms with Gasteiger partial charge in [-0.25, -0.2) is 9.37 Å². The average molecular weight is 417 g/mol. The van der Waals surface area contributed by atoms with Crippen LogP contribution in [0.1, 0.15) is 17.3 Å². The van der Waals surface area contributed by atoms with Gasteiger partial charge in [-0.05, 0) is 55.5 Å². The lowest BCUT2D eigenvalue weighted by Gasteiger charge is -2.11. The SMILES string of the molecule is C[C@@H](Sc1nnc(-c2ccccn2)c(-c2ccccn2)n1)C(=O)c1ccc(F)cc1. The molecule has 3 aromatic heterocycles. The zero-order chi connectivity index (χ0) is 20.9. The summed E-state index contributed by atoms with van der Waals surface area (Å²) in [6, 6.07) is 16.5. The molecule has 0 aliphatic carbocycles. The molecule has 0 fully saturated rings. The van der Waals surface area contributed by atoms with E-state index in [-0.39, 0.29) is 11.6 Å². The van der Waals surface area contributed by atoms with Crippen LogP contribution in [-0.4, -0.2) is 36.2 Å². The van der Waals surface area contributed by atoms with Gasteiger partial charge < -0.3 is 0 Å². The van der Waals surface area contributed by atoms with Crippen LogP contribution in [-0.2, 0) is 0 Å². The van der Waals surface area contributed by atoms with Crippen LogP contribution in [0.3, 0.4) is 0 Å². The molecule has 6 nitrogen and oxygen atoms in total. The summed E-state index contributed by atoms with van der Waals surface area (Å²) in [5.74, 6) is -0.527. The Hall–Kier alpha value is -3.52. The van der Waals surface area contributed by atoms with Crippen molar-refractivity contribution in [2.45, 2.75) is 17.3 Å². The van der Waals surface area contributed by atoms with Gasteiger partial charge in [-0.1, -0.05) is 23.9 Å². The third-order valence-corrected chi connectivity index (χ3v) is 5.21. The Morgan fingerprint density at radius 3 is 2.10 bits per heavy atom. The van der Waals surface area contributed by atoms with Crippen molar-refractivity contribution in [2.24, 2.45) is 0 Å². The van der Waals surface area contributed by atoms with E-state index in [1.54, 1.807) is 19.3 Å². The number of aromatic nitrogens is 5. The first-order chi connectivity index (χ1) is 14.6. The van der Waals surface area contributed by atoms with Crippen LogP contribution in [0.2, 0.25) is 0 Å². The number of hydrogen-bond acceptors (Lipinski definition) is 7. The smallest absolute Gasteiger partial charge is 0.210 e. The fraction of sp³-hybridized carbons (Fsp3) is 0.0909. The van der Waals surface area contributed by atoms with Crippen molar-refractivity contribution in [2.75, 3.05) is 0 Å². The second-order valence-electron chi connectivity index (χ2n) is 6.35. The van der Waals surface area contributed by atoms with Gasteiger partial charge in [0.1, 0.15) is 17.2 Å². The van der Waals surface area contributed by atoms with E-state index in [1.807, 2.05) is 36.4 Å². The number of benzene rings is 1. The zero-order valence-corrected chi connectivity index (χ0v) is 16.8. The number of carbonyl (C=O) groups is 1. The standard InChI is InChI=1S/C22H16FN5OS/c1-14(21(29)15-8-10-16(23)11-9-15)30-22-26-19(17-6-2-4-12-24-17)20(27-28-22)18-7-3-5-13-25-18/h2-14H,1H3/t14-/m1/s1. The maximum atomic E-state index is 13.1. The lowest BCUT2D eigenvalue weighted by molar-refractivity contribution is 0.0994. The Labute approximate surface area is 176 Å². The van der Waals surface area contributed by atoms with Crippen LogP contribution >= 0.6 is 11.8 Å². The molecule has 1 aromatic carbocycles. The summed E-state index contributed by atoms with van der Waals surface area (Å²) in [5, 5.41) is 8.39. The summed E-state index contributed by atoms with van der Waals surface area (Å²) >= 11 is 1.19. The van der Waals surface area contributed by atoms with E-state index in [0.29, 0.717) is 33.5 Å². The number of pyridine rings is 2. The van der Waals surface area contributed by atoms with Gasteiger partial charge >= 0.3 is 0 Å². The van der Waals surface area contributed by atoms with Gasteiger partial charge in [-0.2, -0.15) is 0 Å². The van der Waals surface area contributed by atoms with Gasteiger partial charge in [-0.15, -0.1) is 10.2 Å². The molecule has 0 aliphatic rings. The molecule has 148 valence electrons. The molecule has 0 amide bonds. The molecular formula is C22H16FN5OS. The molecule has 0 radical (unpaired) electrons. The highest BCUT2D eigenvalue weighted by molar-refractivity contribution is 8.00. The van der Waals surface area contributed by atoms with E-state index in [0.717, 1.165) is 0 Å². The second-order valence-corrected chi connectivity index (χ2v) is 7.66. The summed E-state index contributed by atoms with van der Waals surface area (Å²) in [4.78, 5) is 26.0. The highest BCUT2D eigenvalue weighted by Crippen LogP contribution is 2.29. The predicted octanol–water partition coefficient (Wildman–Crippen LogP) is 4.50. The van der Waals surface area contributed by atoms with Crippen LogP contribution < -0.4 is 0 Å². The van der Waals surface area contributed by atoms with Crippen LogP contribution in [0.5, 0.6) is 0 Å². The molecule has 0 unspecified atom stereocenters. The molecule has 4 rings (SSSR count). The number of hydrogen-bond donors (Lipinski definition) is 0. The van der Waals surface area contributed by atoms with Crippen molar-refractivity contribution >= 4 is 17.5 Å². The number of Topliss-reactive ketones (excluding diaryl/α,β-unsaturated/α-hetero) is 1. The number of thioether (sulfide) groups is 1. The van der Waals surface area contributed by atoms with Gasteiger partial charge in [0.15, 0.2) is 5.78 Å². The van der Waals surface area contributed by atoms with Crippen molar-refractivity contribution in [3.8, 4) is 22.8 Å². The molecular weight excluding hydrogens is 401 g/mol. The van der Waals surface area contributed by atoms with Gasteiger partial charge in [0.25, 0.3) is 0 Å². The van der Waals surface area contributed by atoms with Crippen LogP contribution in [0.4, 0.5) is 4.39 Å². The van der Waals surface area contributed by atoms with Crippen molar-refractivity contribution < 1.29 is 9.18 Å². The second kappa shape index (κ2) is 8.87. The Kier molecular flexibility index (Phi) is 5.85. The lowest BCUT2D eigenvalue weighted by atomic mass is 10.1. The van der Waals surface area contributed by atoms with Gasteiger partial charge in [-0.3, -0.25) is 14.8 Å². The molecule has 0 bridgehead atoms. The Balaban J connectivity index is 1.66. The fourth-order valence-electron chi connectivity index (χ4n) is 2.78. The van der Waals surface area contributed by atoms with E-state index >= 15 is 0 Å². The number of ketones is 1. The molecule has 0 saturated heterocycles. The topological polar surface area (TPSA) is 81.5 Å². The average Bonchev–Trinajstić information content (AvgIpc) is 2.80. The predicted molar refractivity (Wildman–Crippen MR) is 112 cm³/mol. The minimum atomic E-state index is -0.477. The number of halogens is 1. The maximum Gasteiger partial charge on any atom is 0.210 e. The van der Waals surface area contributed by atoms with E-state index in [2.05, 4.69) is 25.1 Å².